The van der Waals surface area contributed by atoms with Gasteiger partial charge in [-0.3, -0.25) is 14.6 Å². The van der Waals surface area contributed by atoms with Gasteiger partial charge >= 0.3 is 0 Å². The highest BCUT2D eigenvalue weighted by Gasteiger charge is 2.40. The molecular formula is C30H30Cl2FN3O3. The third-order valence-electron chi connectivity index (χ3n) is 7.91. The second kappa shape index (κ2) is 11.6. The van der Waals surface area contributed by atoms with Crippen molar-refractivity contribution in [2.75, 3.05) is 26.2 Å². The molecule has 0 bridgehead atoms. The van der Waals surface area contributed by atoms with E-state index in [0.717, 1.165) is 36.8 Å². The van der Waals surface area contributed by atoms with Crippen LogP contribution in [0.25, 0.3) is 11.3 Å². The number of hydrogen-bond donors (Lipinski definition) is 1. The van der Waals surface area contributed by atoms with Gasteiger partial charge in [0.15, 0.2) is 5.82 Å². The normalized spacial score (nSPS) is 18.7. The average Bonchev–Trinajstić information content (AvgIpc) is 2.95. The standard InChI is InChI=1S/C30H30Cl2FN3O3/c1-19-5-2-3-6-22(19)27-23(7-4-12-34-27)28(37)35-17-21-8-9-30(18-39-21)10-13-36(14-11-30)29(38)20-15-24(31)26(33)25(32)16-20/h2-7,12,15-16,21H,8-11,13-14,17-18H2,1H3,(H,35,37). The van der Waals surface area contributed by atoms with Crippen LogP contribution in [-0.2, 0) is 4.74 Å². The van der Waals surface area contributed by atoms with Crippen molar-refractivity contribution in [2.24, 2.45) is 5.41 Å². The smallest absolute Gasteiger partial charge is 0.253 e. The minimum absolute atomic E-state index is 0.0106. The lowest BCUT2D eigenvalue weighted by molar-refractivity contribution is -0.0809. The van der Waals surface area contributed by atoms with E-state index in [9.17, 15) is 14.0 Å². The maximum Gasteiger partial charge on any atom is 0.253 e. The molecule has 2 amide bonds. The molecule has 5 rings (SSSR count). The zero-order chi connectivity index (χ0) is 27.6. The number of hydrogen-bond acceptors (Lipinski definition) is 4. The minimum Gasteiger partial charge on any atom is -0.376 e. The highest BCUT2D eigenvalue weighted by atomic mass is 35.5. The Balaban J connectivity index is 1.13. The Morgan fingerprint density at radius 1 is 1.10 bits per heavy atom. The van der Waals surface area contributed by atoms with Gasteiger partial charge in [-0.15, -0.1) is 0 Å². The molecule has 0 radical (unpaired) electrons. The number of nitrogens with zero attached hydrogens (tertiary/aromatic N) is 2. The molecule has 2 fully saturated rings. The van der Waals surface area contributed by atoms with Crippen LogP contribution in [0.15, 0.2) is 54.7 Å². The summed E-state index contributed by atoms with van der Waals surface area (Å²) in [5.41, 5.74) is 3.51. The van der Waals surface area contributed by atoms with Crippen molar-refractivity contribution in [2.45, 2.75) is 38.7 Å². The van der Waals surface area contributed by atoms with Gasteiger partial charge in [0.25, 0.3) is 11.8 Å². The molecule has 1 N–H and O–H groups in total. The van der Waals surface area contributed by atoms with Crippen molar-refractivity contribution >= 4 is 35.0 Å². The number of aromatic nitrogens is 1. The largest absolute Gasteiger partial charge is 0.376 e. The van der Waals surface area contributed by atoms with Crippen LogP contribution in [0.3, 0.4) is 0 Å². The van der Waals surface area contributed by atoms with Crippen LogP contribution in [0.5, 0.6) is 0 Å². The molecule has 39 heavy (non-hydrogen) atoms. The van der Waals surface area contributed by atoms with Gasteiger partial charge < -0.3 is 15.0 Å². The molecule has 3 aromatic rings. The topological polar surface area (TPSA) is 71.5 Å². The summed E-state index contributed by atoms with van der Waals surface area (Å²) in [5.74, 6) is -1.09. The van der Waals surface area contributed by atoms with E-state index in [2.05, 4.69) is 10.3 Å². The predicted molar refractivity (Wildman–Crippen MR) is 150 cm³/mol. The highest BCUT2D eigenvalue weighted by Crippen LogP contribution is 2.41. The van der Waals surface area contributed by atoms with E-state index in [-0.39, 0.29) is 38.9 Å². The van der Waals surface area contributed by atoms with Crippen molar-refractivity contribution in [1.29, 1.82) is 0 Å². The zero-order valence-electron chi connectivity index (χ0n) is 21.7. The fourth-order valence-electron chi connectivity index (χ4n) is 5.46. The van der Waals surface area contributed by atoms with Gasteiger partial charge in [-0.2, -0.15) is 0 Å². The van der Waals surface area contributed by atoms with Crippen LogP contribution < -0.4 is 5.32 Å². The molecule has 2 aromatic carbocycles. The van der Waals surface area contributed by atoms with Crippen molar-refractivity contribution in [1.82, 2.24) is 15.2 Å². The zero-order valence-corrected chi connectivity index (χ0v) is 23.2. The number of benzene rings is 2. The van der Waals surface area contributed by atoms with Crippen molar-refractivity contribution in [3.63, 3.8) is 0 Å². The molecule has 2 saturated heterocycles. The highest BCUT2D eigenvalue weighted by molar-refractivity contribution is 6.35. The number of carbonyl (C=O) groups is 2. The van der Waals surface area contributed by atoms with Crippen LogP contribution in [0, 0.1) is 18.2 Å². The van der Waals surface area contributed by atoms with Gasteiger partial charge in [0.05, 0.1) is 34.0 Å². The van der Waals surface area contributed by atoms with E-state index in [1.807, 2.05) is 31.2 Å². The van der Waals surface area contributed by atoms with Crippen LogP contribution in [0.2, 0.25) is 10.0 Å². The number of rotatable bonds is 5. The molecular weight excluding hydrogens is 540 g/mol. The molecule has 9 heteroatoms. The lowest BCUT2D eigenvalue weighted by atomic mass is 9.73. The Morgan fingerprint density at radius 3 is 2.49 bits per heavy atom. The number of ether oxygens (including phenoxy) is 1. The van der Waals surface area contributed by atoms with E-state index in [0.29, 0.717) is 37.5 Å². The number of amides is 2. The minimum atomic E-state index is -0.718. The number of carbonyl (C=O) groups excluding carboxylic acids is 2. The lowest BCUT2D eigenvalue weighted by Gasteiger charge is -2.45. The number of likely N-dealkylation sites (tertiary alicyclic amines) is 1. The van der Waals surface area contributed by atoms with Gasteiger partial charge in [-0.05, 0) is 67.9 Å². The van der Waals surface area contributed by atoms with Crippen molar-refractivity contribution < 1.29 is 18.7 Å². The van der Waals surface area contributed by atoms with Gasteiger partial charge in [-0.25, -0.2) is 4.39 Å². The predicted octanol–water partition coefficient (Wildman–Crippen LogP) is 6.33. The molecule has 2 aliphatic rings. The summed E-state index contributed by atoms with van der Waals surface area (Å²) in [7, 11) is 0. The number of aryl methyl sites for hydroxylation is 1. The van der Waals surface area contributed by atoms with Crippen molar-refractivity contribution in [3.05, 3.63) is 87.3 Å². The summed E-state index contributed by atoms with van der Waals surface area (Å²) in [6.45, 7) is 4.18. The number of halogens is 3. The first-order chi connectivity index (χ1) is 18.8. The first kappa shape index (κ1) is 27.6. The molecule has 2 aliphatic heterocycles. The number of nitrogens with one attached hydrogen (secondary N) is 1. The maximum atomic E-state index is 13.7. The fourth-order valence-corrected chi connectivity index (χ4v) is 5.95. The SMILES string of the molecule is Cc1ccccc1-c1ncccc1C(=O)NCC1CCC2(CCN(C(=O)c3cc(Cl)c(F)c(Cl)c3)CC2)CO1. The maximum absolute atomic E-state index is 13.7. The van der Waals surface area contributed by atoms with E-state index >= 15 is 0 Å². The summed E-state index contributed by atoms with van der Waals surface area (Å²) >= 11 is 11.8. The summed E-state index contributed by atoms with van der Waals surface area (Å²) < 4.78 is 20.0. The molecule has 1 unspecified atom stereocenters. The van der Waals surface area contributed by atoms with E-state index in [1.165, 1.54) is 12.1 Å². The number of pyridine rings is 1. The molecule has 6 nitrogen and oxygen atoms in total. The Hall–Kier alpha value is -3.00. The molecule has 0 aliphatic carbocycles. The van der Waals surface area contributed by atoms with Gasteiger partial charge in [0, 0.05) is 37.0 Å². The summed E-state index contributed by atoms with van der Waals surface area (Å²) in [6, 6.07) is 14.1. The average molecular weight is 570 g/mol. The van der Waals surface area contributed by atoms with Gasteiger partial charge in [0.2, 0.25) is 0 Å². The molecule has 1 aromatic heterocycles. The Kier molecular flexibility index (Phi) is 8.21. The fraction of sp³-hybridized carbons (Fsp3) is 0.367. The monoisotopic (exact) mass is 569 g/mol. The summed E-state index contributed by atoms with van der Waals surface area (Å²) in [5, 5.41) is 2.72. The van der Waals surface area contributed by atoms with Crippen molar-refractivity contribution in [3.8, 4) is 11.3 Å². The Morgan fingerprint density at radius 2 is 1.82 bits per heavy atom. The van der Waals surface area contributed by atoms with E-state index in [4.69, 9.17) is 27.9 Å². The third kappa shape index (κ3) is 5.96. The quantitative estimate of drug-likeness (QED) is 0.364. The Labute approximate surface area is 237 Å². The molecule has 1 spiro atoms. The van der Waals surface area contributed by atoms with Crippen LogP contribution in [0.1, 0.15) is 52.0 Å². The Bertz CT molecular complexity index is 1360. The molecule has 3 heterocycles. The second-order valence-electron chi connectivity index (χ2n) is 10.4. The first-order valence-corrected chi connectivity index (χ1v) is 13.9. The van der Waals surface area contributed by atoms with Crippen LogP contribution >= 0.6 is 23.2 Å². The lowest BCUT2D eigenvalue weighted by Crippen LogP contribution is -2.49. The van der Waals surface area contributed by atoms with E-state index < -0.39 is 5.82 Å². The first-order valence-electron chi connectivity index (χ1n) is 13.1. The number of piperidine rings is 1. The van der Waals surface area contributed by atoms with E-state index in [1.54, 1.807) is 23.2 Å². The second-order valence-corrected chi connectivity index (χ2v) is 11.3. The van der Waals surface area contributed by atoms with Crippen LogP contribution in [0.4, 0.5) is 4.39 Å². The summed E-state index contributed by atoms with van der Waals surface area (Å²) in [4.78, 5) is 32.3. The molecule has 204 valence electrons. The third-order valence-corrected chi connectivity index (χ3v) is 8.46. The summed E-state index contributed by atoms with van der Waals surface area (Å²) in [6.07, 6.45) is 5.05. The van der Waals surface area contributed by atoms with Crippen LogP contribution in [-0.4, -0.2) is 54.0 Å². The molecule has 1 atom stereocenters. The van der Waals surface area contributed by atoms with Gasteiger partial charge in [0.1, 0.15) is 0 Å². The molecule has 0 saturated carbocycles. The van der Waals surface area contributed by atoms with Gasteiger partial charge in [-0.1, -0.05) is 47.5 Å².